The van der Waals surface area contributed by atoms with Gasteiger partial charge in [0.25, 0.3) is 0 Å². The van der Waals surface area contributed by atoms with Crippen LogP contribution in [0.25, 0.3) is 0 Å². The van der Waals surface area contributed by atoms with E-state index in [2.05, 4.69) is 25.7 Å². The summed E-state index contributed by atoms with van der Waals surface area (Å²) in [4.78, 5) is 14.8. The Kier molecular flexibility index (Phi) is 5.44. The van der Waals surface area contributed by atoms with Gasteiger partial charge in [0.15, 0.2) is 0 Å². The van der Waals surface area contributed by atoms with Crippen LogP contribution >= 0.6 is 0 Å². The van der Waals surface area contributed by atoms with Crippen molar-refractivity contribution in [3.8, 4) is 0 Å². The Labute approximate surface area is 118 Å². The number of hydrogen-bond donors (Lipinski definition) is 0. The first-order valence-electron chi connectivity index (χ1n) is 8.38. The second-order valence-electron chi connectivity index (χ2n) is 7.02. The second kappa shape index (κ2) is 6.88. The molecule has 2 heteroatoms. The van der Waals surface area contributed by atoms with Crippen molar-refractivity contribution in [2.75, 3.05) is 13.1 Å². The molecule has 0 aromatic heterocycles. The summed E-state index contributed by atoms with van der Waals surface area (Å²) in [6, 6.07) is 0.804. The molecule has 2 aliphatic rings. The molecule has 2 saturated carbocycles. The first-order valence-corrected chi connectivity index (χ1v) is 8.38. The van der Waals surface area contributed by atoms with Crippen LogP contribution in [0.15, 0.2) is 0 Å². The van der Waals surface area contributed by atoms with E-state index in [0.29, 0.717) is 11.7 Å². The molecule has 0 aromatic carbocycles. The monoisotopic (exact) mass is 265 g/mol. The third-order valence-electron chi connectivity index (χ3n) is 5.06. The van der Waals surface area contributed by atoms with Crippen molar-refractivity contribution in [3.63, 3.8) is 0 Å². The van der Waals surface area contributed by atoms with Gasteiger partial charge < -0.3 is 0 Å². The highest BCUT2D eigenvalue weighted by molar-refractivity contribution is 5.82. The number of Topliss-reactive ketones (excluding diaryl/α,β-unsaturated/α-hetero) is 1. The van der Waals surface area contributed by atoms with Gasteiger partial charge in [-0.1, -0.05) is 27.2 Å². The standard InChI is InChI=1S/C17H31NO/c1-4-5-10-18(16-7-8-16)12-15-11-14(13(2)3)6-9-17(15)19/h13-16H,4-12H2,1-3H3. The molecule has 0 aromatic rings. The molecule has 110 valence electrons. The molecule has 0 spiro atoms. The van der Waals surface area contributed by atoms with E-state index in [4.69, 9.17) is 0 Å². The zero-order valence-electron chi connectivity index (χ0n) is 13.0. The van der Waals surface area contributed by atoms with E-state index in [1.807, 2.05) is 0 Å². The Morgan fingerprint density at radius 2 is 2.00 bits per heavy atom. The van der Waals surface area contributed by atoms with Gasteiger partial charge in [-0.2, -0.15) is 0 Å². The number of carbonyl (C=O) groups excluding carboxylic acids is 1. The predicted molar refractivity (Wildman–Crippen MR) is 80.2 cm³/mol. The van der Waals surface area contributed by atoms with Crippen LogP contribution in [0.3, 0.4) is 0 Å². The van der Waals surface area contributed by atoms with Crippen molar-refractivity contribution < 1.29 is 4.79 Å². The predicted octanol–water partition coefficient (Wildman–Crippen LogP) is 3.89. The van der Waals surface area contributed by atoms with Gasteiger partial charge in [-0.15, -0.1) is 0 Å². The number of hydrogen-bond acceptors (Lipinski definition) is 2. The lowest BCUT2D eigenvalue weighted by Crippen LogP contribution is -2.39. The van der Waals surface area contributed by atoms with Crippen LogP contribution in [0, 0.1) is 17.8 Å². The Balaban J connectivity index is 1.88. The lowest BCUT2D eigenvalue weighted by molar-refractivity contribution is -0.126. The minimum atomic E-state index is 0.332. The van der Waals surface area contributed by atoms with Crippen LogP contribution in [0.1, 0.15) is 65.7 Å². The molecular weight excluding hydrogens is 234 g/mol. The van der Waals surface area contributed by atoms with Crippen LogP contribution < -0.4 is 0 Å². The van der Waals surface area contributed by atoms with E-state index >= 15 is 0 Å². The normalized spacial score (nSPS) is 28.4. The first-order chi connectivity index (χ1) is 9.11. The van der Waals surface area contributed by atoms with E-state index < -0.39 is 0 Å². The van der Waals surface area contributed by atoms with Crippen molar-refractivity contribution in [2.24, 2.45) is 17.8 Å². The number of unbranched alkanes of at least 4 members (excludes halogenated alkanes) is 1. The maximum Gasteiger partial charge on any atom is 0.137 e. The minimum absolute atomic E-state index is 0.332. The van der Waals surface area contributed by atoms with E-state index in [1.54, 1.807) is 0 Å². The molecular formula is C17H31NO. The Hall–Kier alpha value is -0.370. The van der Waals surface area contributed by atoms with E-state index in [0.717, 1.165) is 43.7 Å². The van der Waals surface area contributed by atoms with Crippen LogP contribution in [-0.2, 0) is 4.79 Å². The fourth-order valence-corrected chi connectivity index (χ4v) is 3.44. The number of carbonyl (C=O) groups is 1. The van der Waals surface area contributed by atoms with Gasteiger partial charge in [0.1, 0.15) is 5.78 Å². The SMILES string of the molecule is CCCCN(CC1CC(C(C)C)CCC1=O)C1CC1. The summed E-state index contributed by atoms with van der Waals surface area (Å²) in [7, 11) is 0. The third kappa shape index (κ3) is 4.30. The fourth-order valence-electron chi connectivity index (χ4n) is 3.44. The fraction of sp³-hybridized carbons (Fsp3) is 0.941. The summed E-state index contributed by atoms with van der Waals surface area (Å²) in [5.41, 5.74) is 0. The van der Waals surface area contributed by atoms with E-state index in [9.17, 15) is 4.79 Å². The number of rotatable bonds is 7. The maximum absolute atomic E-state index is 12.2. The topological polar surface area (TPSA) is 20.3 Å². The molecule has 19 heavy (non-hydrogen) atoms. The van der Waals surface area contributed by atoms with Crippen LogP contribution in [0.2, 0.25) is 0 Å². The molecule has 0 saturated heterocycles. The molecule has 0 heterocycles. The van der Waals surface area contributed by atoms with Crippen molar-refractivity contribution >= 4 is 5.78 Å². The Bertz CT molecular complexity index is 296. The zero-order valence-corrected chi connectivity index (χ0v) is 13.0. The zero-order chi connectivity index (χ0) is 13.8. The molecule has 0 N–H and O–H groups in total. The summed E-state index contributed by atoms with van der Waals surface area (Å²) in [5, 5.41) is 0. The Morgan fingerprint density at radius 1 is 1.26 bits per heavy atom. The number of ketones is 1. The quantitative estimate of drug-likeness (QED) is 0.696. The molecule has 2 aliphatic carbocycles. The average Bonchev–Trinajstić information content (AvgIpc) is 3.20. The van der Waals surface area contributed by atoms with Gasteiger partial charge in [0.05, 0.1) is 0 Å². The van der Waals surface area contributed by atoms with Crippen molar-refractivity contribution in [3.05, 3.63) is 0 Å². The summed E-state index contributed by atoms with van der Waals surface area (Å²) in [6.07, 6.45) is 8.37. The summed E-state index contributed by atoms with van der Waals surface area (Å²) < 4.78 is 0. The van der Waals surface area contributed by atoms with Gasteiger partial charge in [-0.25, -0.2) is 0 Å². The molecule has 2 rings (SSSR count). The molecule has 0 bridgehead atoms. The third-order valence-corrected chi connectivity index (χ3v) is 5.06. The van der Waals surface area contributed by atoms with E-state index in [-0.39, 0.29) is 0 Å². The van der Waals surface area contributed by atoms with Gasteiger partial charge in [0.2, 0.25) is 0 Å². The lowest BCUT2D eigenvalue weighted by atomic mass is 9.75. The summed E-state index contributed by atoms with van der Waals surface area (Å²) in [5.74, 6) is 2.38. The molecule has 2 unspecified atom stereocenters. The molecule has 2 atom stereocenters. The average molecular weight is 265 g/mol. The molecule has 2 fully saturated rings. The lowest BCUT2D eigenvalue weighted by Gasteiger charge is -2.34. The van der Waals surface area contributed by atoms with Crippen LogP contribution in [0.4, 0.5) is 0 Å². The van der Waals surface area contributed by atoms with Gasteiger partial charge in [0, 0.05) is 24.9 Å². The van der Waals surface area contributed by atoms with Crippen molar-refractivity contribution in [1.82, 2.24) is 4.90 Å². The maximum atomic E-state index is 12.2. The Morgan fingerprint density at radius 3 is 2.58 bits per heavy atom. The smallest absolute Gasteiger partial charge is 0.137 e. The van der Waals surface area contributed by atoms with Crippen molar-refractivity contribution in [2.45, 2.75) is 71.8 Å². The van der Waals surface area contributed by atoms with Gasteiger partial charge >= 0.3 is 0 Å². The van der Waals surface area contributed by atoms with Crippen molar-refractivity contribution in [1.29, 1.82) is 0 Å². The van der Waals surface area contributed by atoms with Crippen LogP contribution in [0.5, 0.6) is 0 Å². The van der Waals surface area contributed by atoms with Crippen LogP contribution in [-0.4, -0.2) is 29.8 Å². The highest BCUT2D eigenvalue weighted by atomic mass is 16.1. The van der Waals surface area contributed by atoms with E-state index in [1.165, 1.54) is 32.2 Å². The largest absolute Gasteiger partial charge is 0.300 e. The summed E-state index contributed by atoms with van der Waals surface area (Å²) in [6.45, 7) is 9.14. The molecule has 0 radical (unpaired) electrons. The summed E-state index contributed by atoms with van der Waals surface area (Å²) >= 11 is 0. The second-order valence-corrected chi connectivity index (χ2v) is 7.02. The van der Waals surface area contributed by atoms with Gasteiger partial charge in [-0.3, -0.25) is 9.69 Å². The molecule has 0 aliphatic heterocycles. The first kappa shape index (κ1) is 15.0. The van der Waals surface area contributed by atoms with Gasteiger partial charge in [-0.05, 0) is 50.5 Å². The highest BCUT2D eigenvalue weighted by Crippen LogP contribution is 2.34. The molecule has 2 nitrogen and oxygen atoms in total. The molecule has 0 amide bonds. The highest BCUT2D eigenvalue weighted by Gasteiger charge is 2.35. The minimum Gasteiger partial charge on any atom is -0.300 e. The number of nitrogens with zero attached hydrogens (tertiary/aromatic N) is 1.